The third kappa shape index (κ3) is 8.91. The van der Waals surface area contributed by atoms with E-state index in [4.69, 9.17) is 0 Å². The summed E-state index contributed by atoms with van der Waals surface area (Å²) in [6.07, 6.45) is 0. The van der Waals surface area contributed by atoms with E-state index in [0.29, 0.717) is 0 Å². The molecule has 0 bridgehead atoms. The Balaban J connectivity index is 0. The topological polar surface area (TPSA) is 35.0 Å². The molecule has 0 heterocycles. The van der Waals surface area contributed by atoms with Crippen LogP contribution < -0.4 is 6.15 Å². The monoisotopic (exact) mass is 381 g/mol. The first-order valence-electron chi connectivity index (χ1n) is 0. The average molecular weight is 381 g/mol. The average Bonchev–Trinajstić information content (AvgIpc) is 0. The van der Waals surface area contributed by atoms with Crippen molar-refractivity contribution in [3.05, 3.63) is 0 Å². The Labute approximate surface area is 67.4 Å². The quantitative estimate of drug-likeness (QED) is 0.377. The predicted molar refractivity (Wildman–Crippen MR) is 36.0 cm³/mol. The molecule has 4 heavy (non-hydrogen) atoms. The molecule has 1 nitrogen and oxygen atoms in total. The Morgan fingerprint density at radius 3 is 1.00 bits per heavy atom. The van der Waals surface area contributed by atoms with Gasteiger partial charge in [0.15, 0.2) is 0 Å². The molecule has 0 radical (unpaired) electrons. The van der Waals surface area contributed by atoms with Gasteiger partial charge in [-0.25, -0.2) is 0 Å². The number of rotatable bonds is 0. The molecule has 0 amide bonds. The van der Waals surface area contributed by atoms with E-state index in [1.165, 1.54) is 0 Å². The van der Waals surface area contributed by atoms with Crippen molar-refractivity contribution in [3.8, 4) is 0 Å². The molecule has 0 spiro atoms. The number of hydrogen-bond donors (Lipinski definition) is 1. The molecule has 3 N–H and O–H groups in total. The maximum atomic E-state index is 0. The van der Waals surface area contributed by atoms with Crippen LogP contribution in [0.2, 0.25) is 0 Å². The first-order valence-corrected chi connectivity index (χ1v) is 0. The summed E-state index contributed by atoms with van der Waals surface area (Å²) >= 11 is 0. The van der Waals surface area contributed by atoms with Gasteiger partial charge in [0.25, 0.3) is 0 Å². The van der Waals surface area contributed by atoms with E-state index < -0.39 is 0 Å². The van der Waals surface area contributed by atoms with Crippen molar-refractivity contribution in [2.45, 2.75) is 0 Å². The van der Waals surface area contributed by atoms with Crippen LogP contribution >= 0.6 is 9.90 Å². The molecule has 0 saturated carbocycles. The summed E-state index contributed by atoms with van der Waals surface area (Å²) in [5.74, 6) is 0. The van der Waals surface area contributed by atoms with E-state index in [1.54, 1.807) is 0 Å². The molecule has 0 aromatic heterocycles. The zero-order valence-electron chi connectivity index (χ0n) is 2.12. The van der Waals surface area contributed by atoms with Crippen LogP contribution in [0, 0.1) is 0 Å². The van der Waals surface area contributed by atoms with E-state index in [9.17, 15) is 0 Å². The molecule has 0 rings (SSSR count). The molecule has 0 aliphatic carbocycles. The van der Waals surface area contributed by atoms with Crippen molar-refractivity contribution < 1.29 is 0 Å². The van der Waals surface area contributed by atoms with E-state index in [0.717, 1.165) is 0 Å². The van der Waals surface area contributed by atoms with Gasteiger partial charge in [-0.3, -0.25) is 0 Å². The number of hydrogen-bond acceptors (Lipinski definition) is 1. The van der Waals surface area contributed by atoms with Gasteiger partial charge in [0.1, 0.15) is 0 Å². The van der Waals surface area contributed by atoms with Gasteiger partial charge in [-0.05, 0) is 0 Å². The van der Waals surface area contributed by atoms with Crippen LogP contribution in [0.3, 0.4) is 0 Å². The van der Waals surface area contributed by atoms with Crippen molar-refractivity contribution >= 4 is 61.9 Å². The Bertz CT molecular complexity index is 8.00. The van der Waals surface area contributed by atoms with E-state index in [2.05, 4.69) is 0 Å². The third-order valence-electron chi connectivity index (χ3n) is 0. The summed E-state index contributed by atoms with van der Waals surface area (Å²) in [6.45, 7) is 0. The summed E-state index contributed by atoms with van der Waals surface area (Å²) in [7, 11) is 0. The summed E-state index contributed by atoms with van der Waals surface area (Å²) in [4.78, 5) is 0. The molecular weight excluding hydrogens is 369 g/mol. The minimum atomic E-state index is 0. The van der Waals surface area contributed by atoms with Crippen LogP contribution in [0.4, 0.5) is 0 Å². The molecule has 1 atom stereocenters. The molecule has 0 aromatic carbocycles. The summed E-state index contributed by atoms with van der Waals surface area (Å²) in [5, 5.41) is 0. The van der Waals surface area contributed by atoms with Crippen molar-refractivity contribution in [1.82, 2.24) is 6.15 Å². The van der Waals surface area contributed by atoms with Crippen molar-refractivity contribution in [2.75, 3.05) is 0 Å². The Kier molecular flexibility index (Phi) is 170. The van der Waals surface area contributed by atoms with Gasteiger partial charge in [-0.15, -0.1) is 0 Å². The second kappa shape index (κ2) is 19.2. The molecule has 0 saturated heterocycles. The van der Waals surface area contributed by atoms with Crippen LogP contribution in [-0.4, -0.2) is 52.0 Å². The summed E-state index contributed by atoms with van der Waals surface area (Å²) in [5.41, 5.74) is 0. The van der Waals surface area contributed by atoms with Gasteiger partial charge in [0.05, 0.1) is 0 Å². The van der Waals surface area contributed by atoms with Gasteiger partial charge >= 0.3 is 52.0 Å². The SMILES string of the molecule is N.P.[BiH3].[InH3]. The maximum absolute atomic E-state index is 0. The first-order chi connectivity index (χ1) is 0. The van der Waals surface area contributed by atoms with Gasteiger partial charge in [-0.1, -0.05) is 0 Å². The molecule has 0 aliphatic rings. The Morgan fingerprint density at radius 2 is 1.00 bits per heavy atom. The second-order valence-corrected chi connectivity index (χ2v) is 0. The zero-order chi connectivity index (χ0) is 0. The van der Waals surface area contributed by atoms with Gasteiger partial charge in [0.2, 0.25) is 0 Å². The van der Waals surface area contributed by atoms with Crippen LogP contribution in [0.1, 0.15) is 0 Å². The minimum absolute atomic E-state index is 0. The molecule has 1 unspecified atom stereocenters. The fraction of sp³-hybridized carbons (Fsp3) is 0. The third-order valence-corrected chi connectivity index (χ3v) is 0. The fourth-order valence-corrected chi connectivity index (χ4v) is 0. The normalized spacial score (nSPS) is 0. The van der Waals surface area contributed by atoms with Gasteiger partial charge < -0.3 is 6.15 Å². The van der Waals surface area contributed by atoms with Crippen LogP contribution in [0.25, 0.3) is 0 Å². The van der Waals surface area contributed by atoms with Crippen LogP contribution in [0.5, 0.6) is 0 Å². The van der Waals surface area contributed by atoms with Crippen molar-refractivity contribution in [2.24, 2.45) is 0 Å². The second-order valence-electron chi connectivity index (χ2n) is 0. The molecule has 0 aliphatic heterocycles. The Hall–Kier alpha value is 2.14. The molecular formula is H12BiInNP. The van der Waals surface area contributed by atoms with E-state index >= 15 is 0 Å². The molecule has 30 valence electrons. The Morgan fingerprint density at radius 1 is 1.00 bits per heavy atom. The van der Waals surface area contributed by atoms with Gasteiger partial charge in [0, 0.05) is 0 Å². The fourth-order valence-electron chi connectivity index (χ4n) is 0. The van der Waals surface area contributed by atoms with Crippen LogP contribution in [-0.2, 0) is 0 Å². The summed E-state index contributed by atoms with van der Waals surface area (Å²) in [6, 6.07) is 0. The molecule has 0 fully saturated rings. The zero-order valence-corrected chi connectivity index (χ0v) is 9.03. The van der Waals surface area contributed by atoms with Crippen molar-refractivity contribution in [1.29, 1.82) is 0 Å². The van der Waals surface area contributed by atoms with Gasteiger partial charge in [-0.2, -0.15) is 9.90 Å². The van der Waals surface area contributed by atoms with Crippen molar-refractivity contribution in [3.63, 3.8) is 0 Å². The summed E-state index contributed by atoms with van der Waals surface area (Å²) < 4.78 is 0. The predicted octanol–water partition coefficient (Wildman–Crippen LogP) is -2.15. The van der Waals surface area contributed by atoms with E-state index in [1.807, 2.05) is 0 Å². The molecule has 4 heteroatoms. The standard InChI is InChI=1S/Bi.In.H3N.H3P.6H/h;;2*1H3;;;;;;. The first kappa shape index (κ1) is 35.4. The van der Waals surface area contributed by atoms with Crippen LogP contribution in [0.15, 0.2) is 0 Å². The van der Waals surface area contributed by atoms with E-state index in [-0.39, 0.29) is 68.1 Å². The molecule has 0 aromatic rings.